The fraction of sp³-hybridized carbons (Fsp3) is 0.100. The Balaban J connectivity index is 1.54. The predicted octanol–water partition coefficient (Wildman–Crippen LogP) is 2.54. The van der Waals surface area contributed by atoms with E-state index in [1.165, 1.54) is 12.3 Å². The number of para-hydroxylation sites is 1. The third-order valence-electron chi connectivity index (χ3n) is 3.91. The van der Waals surface area contributed by atoms with Gasteiger partial charge in [-0.1, -0.05) is 24.3 Å². The predicted molar refractivity (Wildman–Crippen MR) is 98.2 cm³/mol. The highest BCUT2D eigenvalue weighted by atomic mass is 19.1. The summed E-state index contributed by atoms with van der Waals surface area (Å²) in [5.74, 6) is -2.05. The monoisotopic (exact) mass is 362 g/mol. The lowest BCUT2D eigenvalue weighted by Crippen LogP contribution is -2.36. The number of carbonyl (C=O) groups is 2. The Morgan fingerprint density at radius 1 is 1.11 bits per heavy atom. The van der Waals surface area contributed by atoms with E-state index in [0.29, 0.717) is 23.1 Å². The number of rotatable bonds is 4. The van der Waals surface area contributed by atoms with Gasteiger partial charge in [-0.05, 0) is 36.2 Å². The molecule has 0 fully saturated rings. The summed E-state index contributed by atoms with van der Waals surface area (Å²) in [7, 11) is 0. The van der Waals surface area contributed by atoms with Gasteiger partial charge in [-0.25, -0.2) is 4.39 Å². The number of halogens is 1. The molecular weight excluding hydrogens is 347 g/mol. The minimum absolute atomic E-state index is 0.197. The largest absolute Gasteiger partial charge is 0.347 e. The number of hydrogen-bond donors (Lipinski definition) is 2. The maximum absolute atomic E-state index is 13.6. The zero-order chi connectivity index (χ0) is 19.2. The summed E-state index contributed by atoms with van der Waals surface area (Å²) in [6.07, 6.45) is 1.83. The van der Waals surface area contributed by atoms with Gasteiger partial charge in [0.25, 0.3) is 0 Å². The molecule has 0 radical (unpaired) electrons. The van der Waals surface area contributed by atoms with Gasteiger partial charge in [0.2, 0.25) is 0 Å². The van der Waals surface area contributed by atoms with Crippen molar-refractivity contribution in [1.82, 2.24) is 10.3 Å². The van der Waals surface area contributed by atoms with Crippen LogP contribution in [0.25, 0.3) is 10.9 Å². The Kier molecular flexibility index (Phi) is 5.38. The van der Waals surface area contributed by atoms with Crippen molar-refractivity contribution in [2.45, 2.75) is 6.42 Å². The lowest BCUT2D eigenvalue weighted by Gasteiger charge is -2.07. The van der Waals surface area contributed by atoms with Gasteiger partial charge in [-0.15, -0.1) is 0 Å². The minimum Gasteiger partial charge on any atom is -0.347 e. The third kappa shape index (κ3) is 4.44. The number of aromatic nitrogens is 1. The van der Waals surface area contributed by atoms with Crippen LogP contribution < -0.4 is 10.6 Å². The van der Waals surface area contributed by atoms with Crippen molar-refractivity contribution in [3.63, 3.8) is 0 Å². The van der Waals surface area contributed by atoms with E-state index in [2.05, 4.69) is 15.6 Å². The smallest absolute Gasteiger partial charge is 0.313 e. The van der Waals surface area contributed by atoms with E-state index in [9.17, 15) is 14.0 Å². The second kappa shape index (κ2) is 8.06. The van der Waals surface area contributed by atoms with Crippen molar-refractivity contribution in [2.24, 2.45) is 0 Å². The van der Waals surface area contributed by atoms with E-state index >= 15 is 0 Å². The van der Waals surface area contributed by atoms with Crippen LogP contribution in [0.1, 0.15) is 11.1 Å². The second-order valence-electron chi connectivity index (χ2n) is 5.80. The second-order valence-corrected chi connectivity index (χ2v) is 5.80. The maximum Gasteiger partial charge on any atom is 0.313 e. The fourth-order valence-electron chi connectivity index (χ4n) is 2.53. The average molecular weight is 362 g/mol. The highest BCUT2D eigenvalue weighted by Gasteiger charge is 2.14. The maximum atomic E-state index is 13.6. The lowest BCUT2D eigenvalue weighted by atomic mass is 10.1. The van der Waals surface area contributed by atoms with Crippen molar-refractivity contribution in [3.8, 4) is 6.07 Å². The van der Waals surface area contributed by atoms with Crippen LogP contribution >= 0.6 is 0 Å². The summed E-state index contributed by atoms with van der Waals surface area (Å²) in [5.41, 5.74) is 2.00. The number of nitrogens with zero attached hydrogens (tertiary/aromatic N) is 2. The van der Waals surface area contributed by atoms with Crippen LogP contribution in [0.15, 0.2) is 54.7 Å². The Bertz CT molecular complexity index is 1040. The molecule has 1 aromatic heterocycles. The summed E-state index contributed by atoms with van der Waals surface area (Å²) in [5, 5.41) is 14.3. The van der Waals surface area contributed by atoms with E-state index < -0.39 is 17.6 Å². The molecule has 0 spiro atoms. The van der Waals surface area contributed by atoms with Crippen molar-refractivity contribution in [2.75, 3.05) is 11.9 Å². The molecule has 0 saturated heterocycles. The third-order valence-corrected chi connectivity index (χ3v) is 3.91. The number of pyridine rings is 1. The van der Waals surface area contributed by atoms with Crippen LogP contribution in [-0.4, -0.2) is 23.3 Å². The quantitative estimate of drug-likeness (QED) is 0.697. The van der Waals surface area contributed by atoms with Gasteiger partial charge in [-0.2, -0.15) is 5.26 Å². The molecule has 3 rings (SSSR count). The Labute approximate surface area is 154 Å². The van der Waals surface area contributed by atoms with Gasteiger partial charge in [0.05, 0.1) is 23.5 Å². The van der Waals surface area contributed by atoms with E-state index in [0.717, 1.165) is 5.56 Å². The first-order chi connectivity index (χ1) is 13.1. The summed E-state index contributed by atoms with van der Waals surface area (Å²) in [6, 6.07) is 15.1. The molecule has 0 aliphatic rings. The SMILES string of the molecule is N#Cc1ccc(CCNC(=O)C(=O)Nc2cnc3c(F)cccc3c2)cc1. The van der Waals surface area contributed by atoms with Crippen LogP contribution in [0.3, 0.4) is 0 Å². The molecule has 0 aliphatic carbocycles. The molecule has 3 aromatic rings. The minimum atomic E-state index is -0.826. The van der Waals surface area contributed by atoms with E-state index in [-0.39, 0.29) is 12.1 Å². The summed E-state index contributed by atoms with van der Waals surface area (Å²) < 4.78 is 13.6. The molecule has 27 heavy (non-hydrogen) atoms. The van der Waals surface area contributed by atoms with Crippen molar-refractivity contribution < 1.29 is 14.0 Å². The van der Waals surface area contributed by atoms with Gasteiger partial charge in [0, 0.05) is 11.9 Å². The van der Waals surface area contributed by atoms with Crippen LogP contribution in [0.5, 0.6) is 0 Å². The zero-order valence-electron chi connectivity index (χ0n) is 14.2. The van der Waals surface area contributed by atoms with Crippen molar-refractivity contribution in [3.05, 3.63) is 71.7 Å². The Hall–Kier alpha value is -3.79. The van der Waals surface area contributed by atoms with Crippen LogP contribution in [0, 0.1) is 17.1 Å². The highest BCUT2D eigenvalue weighted by Crippen LogP contribution is 2.18. The molecule has 0 saturated carbocycles. The molecule has 0 unspecified atom stereocenters. The molecule has 7 heteroatoms. The first kappa shape index (κ1) is 18.0. The Morgan fingerprint density at radius 2 is 1.89 bits per heavy atom. The van der Waals surface area contributed by atoms with Crippen molar-refractivity contribution in [1.29, 1.82) is 5.26 Å². The molecule has 1 heterocycles. The molecule has 2 N–H and O–H groups in total. The van der Waals surface area contributed by atoms with E-state index in [4.69, 9.17) is 5.26 Å². The molecule has 0 aliphatic heterocycles. The highest BCUT2D eigenvalue weighted by molar-refractivity contribution is 6.39. The summed E-state index contributed by atoms with van der Waals surface area (Å²) in [6.45, 7) is 0.277. The van der Waals surface area contributed by atoms with Gasteiger partial charge >= 0.3 is 11.8 Å². The van der Waals surface area contributed by atoms with Gasteiger partial charge < -0.3 is 10.6 Å². The van der Waals surface area contributed by atoms with E-state index in [1.54, 1.807) is 42.5 Å². The molecule has 0 bridgehead atoms. The molecule has 134 valence electrons. The first-order valence-corrected chi connectivity index (χ1v) is 8.19. The van der Waals surface area contributed by atoms with Gasteiger partial charge in [0.1, 0.15) is 11.3 Å². The number of hydrogen-bond acceptors (Lipinski definition) is 4. The summed E-state index contributed by atoms with van der Waals surface area (Å²) in [4.78, 5) is 27.9. The number of anilines is 1. The zero-order valence-corrected chi connectivity index (χ0v) is 14.2. The number of benzene rings is 2. The number of nitrogens with one attached hydrogen (secondary N) is 2. The number of carbonyl (C=O) groups excluding carboxylic acids is 2. The van der Waals surface area contributed by atoms with Crippen LogP contribution in [0.4, 0.5) is 10.1 Å². The number of fused-ring (bicyclic) bond motifs is 1. The van der Waals surface area contributed by atoms with Crippen molar-refractivity contribution >= 4 is 28.4 Å². The summed E-state index contributed by atoms with van der Waals surface area (Å²) >= 11 is 0. The molecule has 6 nitrogen and oxygen atoms in total. The lowest BCUT2D eigenvalue weighted by molar-refractivity contribution is -0.136. The van der Waals surface area contributed by atoms with Crippen LogP contribution in [-0.2, 0) is 16.0 Å². The molecular formula is C20H15FN4O2. The average Bonchev–Trinajstić information content (AvgIpc) is 2.68. The molecule has 0 atom stereocenters. The first-order valence-electron chi connectivity index (χ1n) is 8.19. The van der Waals surface area contributed by atoms with Crippen LogP contribution in [0.2, 0.25) is 0 Å². The van der Waals surface area contributed by atoms with Gasteiger partial charge in [0.15, 0.2) is 0 Å². The molecule has 2 amide bonds. The van der Waals surface area contributed by atoms with Gasteiger partial charge in [-0.3, -0.25) is 14.6 Å². The standard InChI is InChI=1S/C20H15FN4O2/c21-17-3-1-2-15-10-16(12-24-18(15)17)25-20(27)19(26)23-9-8-13-4-6-14(11-22)7-5-13/h1-7,10,12H,8-9H2,(H,23,26)(H,25,27). The van der Waals surface area contributed by atoms with E-state index in [1.807, 2.05) is 6.07 Å². The Morgan fingerprint density at radius 3 is 2.63 bits per heavy atom. The number of nitriles is 1. The normalized spacial score (nSPS) is 10.2. The topological polar surface area (TPSA) is 94.9 Å². The number of amides is 2. The fourth-order valence-corrected chi connectivity index (χ4v) is 2.53. The molecule has 2 aromatic carbocycles.